The second kappa shape index (κ2) is 9.29. The van der Waals surface area contributed by atoms with Crippen LogP contribution in [0.5, 0.6) is 0 Å². The molecule has 3 N–H and O–H groups in total. The van der Waals surface area contributed by atoms with Crippen LogP contribution >= 0.6 is 0 Å². The van der Waals surface area contributed by atoms with Crippen LogP contribution in [0.4, 0.5) is 17.5 Å². The Morgan fingerprint density at radius 2 is 1.88 bits per heavy atom. The molecule has 1 amide bonds. The first-order valence-electron chi connectivity index (χ1n) is 11.2. The van der Waals surface area contributed by atoms with Crippen LogP contribution in [0.2, 0.25) is 0 Å². The molecule has 3 aromatic rings. The average Bonchev–Trinajstić information content (AvgIpc) is 3.34. The quantitative estimate of drug-likeness (QED) is 0.531. The van der Waals surface area contributed by atoms with Gasteiger partial charge in [0.15, 0.2) is 5.82 Å². The van der Waals surface area contributed by atoms with Gasteiger partial charge < -0.3 is 20.4 Å². The zero-order valence-electron chi connectivity index (χ0n) is 19.7. The van der Waals surface area contributed by atoms with E-state index in [2.05, 4.69) is 48.4 Å². The number of nitrogens with zero attached hydrogens (tertiary/aromatic N) is 5. The first kappa shape index (κ1) is 22.9. The third-order valence-electron chi connectivity index (χ3n) is 6.57. The van der Waals surface area contributed by atoms with Crippen molar-refractivity contribution >= 4 is 23.4 Å². The van der Waals surface area contributed by atoms with Crippen molar-refractivity contribution in [2.75, 3.05) is 33.5 Å². The second-order valence-corrected chi connectivity index (χ2v) is 9.26. The summed E-state index contributed by atoms with van der Waals surface area (Å²) >= 11 is 0. The molecule has 2 atom stereocenters. The van der Waals surface area contributed by atoms with Crippen LogP contribution in [-0.4, -0.2) is 66.0 Å². The van der Waals surface area contributed by atoms with Gasteiger partial charge in [0.1, 0.15) is 17.9 Å². The van der Waals surface area contributed by atoms with Gasteiger partial charge in [-0.05, 0) is 51.2 Å². The lowest BCUT2D eigenvalue weighted by molar-refractivity contribution is 0.0998. The monoisotopic (exact) mass is 450 g/mol. The minimum atomic E-state index is -0.574. The number of likely N-dealkylation sites (N-methyl/N-ethyl adjacent to an activating group) is 2. The predicted octanol–water partition coefficient (Wildman–Crippen LogP) is 3.41. The van der Waals surface area contributed by atoms with E-state index in [0.29, 0.717) is 34.2 Å². The van der Waals surface area contributed by atoms with Crippen molar-refractivity contribution < 1.29 is 9.21 Å². The summed E-state index contributed by atoms with van der Waals surface area (Å²) in [5.74, 6) is 1.03. The van der Waals surface area contributed by atoms with Gasteiger partial charge in [-0.15, -0.1) is 0 Å². The molecular formula is C24H32N7O2+. The standard InChI is InChI=1S/C24H31N7O2/c1-30(2)19-7-5-6-8-20(19)31(3,4)24-27-15-18(21(25)32)22(29-24)28-17-11-9-16(10-12-17)23-26-13-14-33-23/h9-15,19-20H,5-8H2,1-4H3,(H2-,25,26,27,28,29,32)/p+1. The lowest BCUT2D eigenvalue weighted by Gasteiger charge is -2.44. The summed E-state index contributed by atoms with van der Waals surface area (Å²) in [5, 5.41) is 3.25. The lowest BCUT2D eigenvalue weighted by Crippen LogP contribution is -2.60. The Labute approximate surface area is 194 Å². The summed E-state index contributed by atoms with van der Waals surface area (Å²) in [5.41, 5.74) is 7.51. The van der Waals surface area contributed by atoms with Crippen LogP contribution in [0.3, 0.4) is 0 Å². The number of nitrogens with one attached hydrogen (secondary N) is 1. The van der Waals surface area contributed by atoms with E-state index in [0.717, 1.165) is 24.1 Å². The van der Waals surface area contributed by atoms with Crippen LogP contribution < -0.4 is 15.5 Å². The molecule has 0 saturated heterocycles. The highest BCUT2D eigenvalue weighted by Gasteiger charge is 2.42. The fraction of sp³-hybridized carbons (Fsp3) is 0.417. The van der Waals surface area contributed by atoms with Gasteiger partial charge in [0.05, 0.1) is 32.5 Å². The molecule has 1 aliphatic carbocycles. The van der Waals surface area contributed by atoms with Crippen molar-refractivity contribution in [3.8, 4) is 11.5 Å². The topological polar surface area (TPSA) is 110 Å². The number of benzene rings is 1. The van der Waals surface area contributed by atoms with E-state index in [1.807, 2.05) is 24.3 Å². The van der Waals surface area contributed by atoms with Gasteiger partial charge in [-0.2, -0.15) is 9.97 Å². The van der Waals surface area contributed by atoms with Gasteiger partial charge in [0, 0.05) is 17.7 Å². The average molecular weight is 451 g/mol. The number of amides is 1. The normalized spacial score (nSPS) is 18.9. The highest BCUT2D eigenvalue weighted by Crippen LogP contribution is 2.33. The van der Waals surface area contributed by atoms with Crippen LogP contribution in [0.15, 0.2) is 47.3 Å². The minimum absolute atomic E-state index is 0.253. The number of hydrogen-bond acceptors (Lipinski definition) is 7. The molecule has 2 unspecified atom stereocenters. The van der Waals surface area contributed by atoms with Crippen molar-refractivity contribution in [2.45, 2.75) is 37.8 Å². The van der Waals surface area contributed by atoms with Gasteiger partial charge in [0.2, 0.25) is 5.89 Å². The lowest BCUT2D eigenvalue weighted by atomic mass is 9.87. The molecule has 0 aliphatic heterocycles. The largest absolute Gasteiger partial charge is 0.445 e. The highest BCUT2D eigenvalue weighted by molar-refractivity contribution is 5.98. The van der Waals surface area contributed by atoms with Crippen LogP contribution in [0.1, 0.15) is 36.0 Å². The molecule has 9 nitrogen and oxygen atoms in total. The van der Waals surface area contributed by atoms with Gasteiger partial charge in [-0.3, -0.25) is 9.28 Å². The second-order valence-electron chi connectivity index (χ2n) is 9.26. The van der Waals surface area contributed by atoms with E-state index in [1.165, 1.54) is 25.3 Å². The molecule has 2 aromatic heterocycles. The zero-order chi connectivity index (χ0) is 23.6. The maximum Gasteiger partial charge on any atom is 0.330 e. The van der Waals surface area contributed by atoms with Crippen molar-refractivity contribution in [3.05, 3.63) is 48.5 Å². The van der Waals surface area contributed by atoms with E-state index in [-0.39, 0.29) is 5.56 Å². The highest BCUT2D eigenvalue weighted by atomic mass is 16.3. The molecule has 0 spiro atoms. The van der Waals surface area contributed by atoms with Gasteiger partial charge in [-0.25, -0.2) is 4.98 Å². The van der Waals surface area contributed by atoms with Gasteiger partial charge >= 0.3 is 5.95 Å². The summed E-state index contributed by atoms with van der Waals surface area (Å²) in [4.78, 5) is 27.9. The van der Waals surface area contributed by atoms with Gasteiger partial charge in [0.25, 0.3) is 5.91 Å². The number of carbonyl (C=O) groups is 1. The van der Waals surface area contributed by atoms with Crippen molar-refractivity contribution in [1.82, 2.24) is 24.3 Å². The summed E-state index contributed by atoms with van der Waals surface area (Å²) in [6.07, 6.45) is 9.35. The molecule has 0 radical (unpaired) electrons. The maximum absolute atomic E-state index is 12.1. The van der Waals surface area contributed by atoms with E-state index in [4.69, 9.17) is 15.1 Å². The summed E-state index contributed by atoms with van der Waals surface area (Å²) < 4.78 is 5.87. The third kappa shape index (κ3) is 4.74. The number of primary amides is 1. The molecule has 33 heavy (non-hydrogen) atoms. The number of rotatable bonds is 7. The maximum atomic E-state index is 12.1. The number of quaternary nitrogens is 1. The Hall–Kier alpha value is -3.30. The minimum Gasteiger partial charge on any atom is -0.445 e. The van der Waals surface area contributed by atoms with Crippen molar-refractivity contribution in [1.29, 1.82) is 0 Å². The van der Waals surface area contributed by atoms with Crippen LogP contribution in [0.25, 0.3) is 11.5 Å². The Morgan fingerprint density at radius 1 is 1.15 bits per heavy atom. The van der Waals surface area contributed by atoms with Crippen LogP contribution in [0, 0.1) is 0 Å². The predicted molar refractivity (Wildman–Crippen MR) is 129 cm³/mol. The number of anilines is 2. The first-order valence-corrected chi connectivity index (χ1v) is 11.2. The molecule has 2 heterocycles. The molecule has 1 fully saturated rings. The van der Waals surface area contributed by atoms with E-state index in [1.54, 1.807) is 6.20 Å². The SMILES string of the molecule is CN(C)C1CCCCC1[N+](C)(C)c1ncc(C(N)=O)c(Nc2ccc(-c3ncco3)cc2)n1. The molecule has 174 valence electrons. The Kier molecular flexibility index (Phi) is 6.44. The van der Waals surface area contributed by atoms with E-state index < -0.39 is 5.91 Å². The third-order valence-corrected chi connectivity index (χ3v) is 6.57. The molecule has 4 rings (SSSR count). The number of carbonyl (C=O) groups excluding carboxylic acids is 1. The Balaban J connectivity index is 1.65. The molecule has 1 aliphatic rings. The molecule has 1 saturated carbocycles. The zero-order valence-corrected chi connectivity index (χ0v) is 19.7. The Bertz CT molecular complexity index is 1090. The molecule has 0 bridgehead atoms. The summed E-state index contributed by atoms with van der Waals surface area (Å²) in [6.45, 7) is 0. The number of hydrogen-bond donors (Lipinski definition) is 2. The Morgan fingerprint density at radius 3 is 2.52 bits per heavy atom. The van der Waals surface area contributed by atoms with Crippen molar-refractivity contribution in [3.63, 3.8) is 0 Å². The fourth-order valence-electron chi connectivity index (χ4n) is 4.72. The molecule has 9 heteroatoms. The number of oxazole rings is 1. The fourth-order valence-corrected chi connectivity index (χ4v) is 4.72. The summed E-state index contributed by atoms with van der Waals surface area (Å²) in [6, 6.07) is 8.34. The van der Waals surface area contributed by atoms with E-state index in [9.17, 15) is 4.79 Å². The molecular weight excluding hydrogens is 418 g/mol. The van der Waals surface area contributed by atoms with Crippen LogP contribution in [-0.2, 0) is 0 Å². The smallest absolute Gasteiger partial charge is 0.330 e. The number of aromatic nitrogens is 3. The number of nitrogens with two attached hydrogens (primary N) is 1. The molecule has 1 aromatic carbocycles. The summed E-state index contributed by atoms with van der Waals surface area (Å²) in [7, 11) is 8.55. The first-order chi connectivity index (χ1) is 15.8. The van der Waals surface area contributed by atoms with E-state index >= 15 is 0 Å². The van der Waals surface area contributed by atoms with Gasteiger partial charge in [-0.1, -0.05) is 6.42 Å². The van der Waals surface area contributed by atoms with Crippen molar-refractivity contribution in [2.24, 2.45) is 5.73 Å².